The third kappa shape index (κ3) is 2.23. The first-order valence-electron chi connectivity index (χ1n) is 6.55. The number of aromatic nitrogens is 1. The van der Waals surface area contributed by atoms with Crippen LogP contribution in [0, 0.1) is 0 Å². The summed E-state index contributed by atoms with van der Waals surface area (Å²) in [7, 11) is 0. The van der Waals surface area contributed by atoms with Crippen molar-refractivity contribution in [2.24, 2.45) is 0 Å². The lowest BCUT2D eigenvalue weighted by atomic mass is 10.0. The van der Waals surface area contributed by atoms with Crippen molar-refractivity contribution in [3.63, 3.8) is 0 Å². The monoisotopic (exact) mass is 284 g/mol. The van der Waals surface area contributed by atoms with Crippen LogP contribution in [-0.4, -0.2) is 4.98 Å². The average Bonchev–Trinajstić information content (AvgIpc) is 2.91. The van der Waals surface area contributed by atoms with Gasteiger partial charge in [-0.15, -0.1) is 11.3 Å². The molecule has 0 aliphatic heterocycles. The van der Waals surface area contributed by atoms with Crippen molar-refractivity contribution in [1.29, 1.82) is 0 Å². The summed E-state index contributed by atoms with van der Waals surface area (Å²) in [5, 5.41) is 0. The van der Waals surface area contributed by atoms with Gasteiger partial charge < -0.3 is 10.5 Å². The van der Waals surface area contributed by atoms with E-state index in [0.717, 1.165) is 16.0 Å². The second-order valence-electron chi connectivity index (χ2n) is 4.97. The van der Waals surface area contributed by atoms with Gasteiger partial charge in [0, 0.05) is 0 Å². The Morgan fingerprint density at radius 3 is 2.70 bits per heavy atom. The fourth-order valence-corrected chi connectivity index (χ4v) is 2.88. The zero-order valence-electron chi connectivity index (χ0n) is 11.5. The number of nitrogen functional groups attached to an aromatic ring is 1. The molecule has 4 heteroatoms. The quantitative estimate of drug-likeness (QED) is 0.703. The van der Waals surface area contributed by atoms with Crippen molar-refractivity contribution in [3.8, 4) is 11.5 Å². The van der Waals surface area contributed by atoms with E-state index in [1.54, 1.807) is 16.8 Å². The molecule has 0 saturated carbocycles. The van der Waals surface area contributed by atoms with Gasteiger partial charge in [0.1, 0.15) is 17.0 Å². The van der Waals surface area contributed by atoms with Crippen molar-refractivity contribution in [2.45, 2.75) is 19.8 Å². The van der Waals surface area contributed by atoms with E-state index >= 15 is 0 Å². The number of thiazole rings is 1. The van der Waals surface area contributed by atoms with E-state index in [1.807, 2.05) is 30.3 Å². The summed E-state index contributed by atoms with van der Waals surface area (Å²) >= 11 is 1.58. The Bertz CT molecular complexity index is 749. The van der Waals surface area contributed by atoms with Crippen molar-refractivity contribution in [3.05, 3.63) is 47.5 Å². The number of nitrogens with zero attached hydrogens (tertiary/aromatic N) is 1. The number of hydrogen-bond acceptors (Lipinski definition) is 4. The van der Waals surface area contributed by atoms with Gasteiger partial charge in [-0.1, -0.05) is 32.0 Å². The van der Waals surface area contributed by atoms with Crippen molar-refractivity contribution < 1.29 is 4.74 Å². The lowest BCUT2D eigenvalue weighted by molar-refractivity contribution is 0.476. The van der Waals surface area contributed by atoms with E-state index in [0.29, 0.717) is 17.4 Å². The third-order valence-electron chi connectivity index (χ3n) is 3.26. The van der Waals surface area contributed by atoms with Gasteiger partial charge in [0.15, 0.2) is 5.75 Å². The molecular formula is C16H16N2OS. The molecule has 3 rings (SSSR count). The van der Waals surface area contributed by atoms with Crippen LogP contribution in [0.2, 0.25) is 0 Å². The Balaban J connectivity index is 2.03. The smallest absolute Gasteiger partial charge is 0.152 e. The van der Waals surface area contributed by atoms with Gasteiger partial charge in [-0.3, -0.25) is 0 Å². The van der Waals surface area contributed by atoms with Crippen molar-refractivity contribution >= 4 is 27.2 Å². The minimum absolute atomic E-state index is 0.399. The highest BCUT2D eigenvalue weighted by molar-refractivity contribution is 7.16. The molecular weight excluding hydrogens is 268 g/mol. The van der Waals surface area contributed by atoms with Gasteiger partial charge in [-0.25, -0.2) is 4.98 Å². The van der Waals surface area contributed by atoms with Crippen LogP contribution in [0.15, 0.2) is 41.9 Å². The van der Waals surface area contributed by atoms with E-state index in [9.17, 15) is 0 Å². The molecule has 20 heavy (non-hydrogen) atoms. The fourth-order valence-electron chi connectivity index (χ4n) is 2.19. The molecule has 1 aromatic heterocycles. The van der Waals surface area contributed by atoms with Gasteiger partial charge >= 0.3 is 0 Å². The van der Waals surface area contributed by atoms with Crippen LogP contribution in [0.3, 0.4) is 0 Å². The minimum Gasteiger partial charge on any atom is -0.455 e. The van der Waals surface area contributed by atoms with Gasteiger partial charge in [-0.2, -0.15) is 0 Å². The standard InChI is InChI=1S/C16H16N2OS/c1-10(2)11-5-3-4-6-12(11)19-13-7-8-14-16(15(13)17)18-9-20-14/h3-10H,17H2,1-2H3. The van der Waals surface area contributed by atoms with E-state index < -0.39 is 0 Å². The molecule has 2 aromatic carbocycles. The molecule has 0 fully saturated rings. The third-order valence-corrected chi connectivity index (χ3v) is 4.06. The molecule has 1 heterocycles. The lowest BCUT2D eigenvalue weighted by Crippen LogP contribution is -1.97. The first-order valence-corrected chi connectivity index (χ1v) is 7.43. The molecule has 0 saturated heterocycles. The van der Waals surface area contributed by atoms with E-state index in [2.05, 4.69) is 24.9 Å². The predicted octanol–water partition coefficient (Wildman–Crippen LogP) is 4.79. The van der Waals surface area contributed by atoms with Crippen LogP contribution in [0.1, 0.15) is 25.3 Å². The first-order chi connectivity index (χ1) is 9.66. The Morgan fingerprint density at radius 2 is 1.90 bits per heavy atom. The molecule has 3 aromatic rings. The van der Waals surface area contributed by atoms with Crippen LogP contribution < -0.4 is 10.5 Å². The van der Waals surface area contributed by atoms with Crippen LogP contribution >= 0.6 is 11.3 Å². The summed E-state index contributed by atoms with van der Waals surface area (Å²) in [6.07, 6.45) is 0. The number of fused-ring (bicyclic) bond motifs is 1. The predicted molar refractivity (Wildman–Crippen MR) is 84.6 cm³/mol. The topological polar surface area (TPSA) is 48.1 Å². The lowest BCUT2D eigenvalue weighted by Gasteiger charge is -2.14. The maximum Gasteiger partial charge on any atom is 0.152 e. The molecule has 0 bridgehead atoms. The molecule has 2 N–H and O–H groups in total. The number of benzene rings is 2. The van der Waals surface area contributed by atoms with Crippen LogP contribution in [0.5, 0.6) is 11.5 Å². The SMILES string of the molecule is CC(C)c1ccccc1Oc1ccc2scnc2c1N. The molecule has 0 spiro atoms. The number of hydrogen-bond donors (Lipinski definition) is 1. The van der Waals surface area contributed by atoms with Gasteiger partial charge in [0.2, 0.25) is 0 Å². The second-order valence-corrected chi connectivity index (χ2v) is 5.86. The molecule has 0 aliphatic rings. The van der Waals surface area contributed by atoms with Crippen molar-refractivity contribution in [1.82, 2.24) is 4.98 Å². The number of rotatable bonds is 3. The van der Waals surface area contributed by atoms with Gasteiger partial charge in [0.05, 0.1) is 10.2 Å². The maximum atomic E-state index is 6.16. The molecule has 102 valence electrons. The molecule has 0 radical (unpaired) electrons. The number of nitrogens with two attached hydrogens (primary N) is 1. The number of anilines is 1. The van der Waals surface area contributed by atoms with Crippen LogP contribution in [-0.2, 0) is 0 Å². The summed E-state index contributed by atoms with van der Waals surface area (Å²) in [5.41, 5.74) is 10.5. The Morgan fingerprint density at radius 1 is 1.10 bits per heavy atom. The molecule has 0 aliphatic carbocycles. The highest BCUT2D eigenvalue weighted by Gasteiger charge is 2.12. The zero-order chi connectivity index (χ0) is 14.1. The normalized spacial score (nSPS) is 11.2. The zero-order valence-corrected chi connectivity index (χ0v) is 12.3. The van der Waals surface area contributed by atoms with Gasteiger partial charge in [-0.05, 0) is 29.7 Å². The number of ether oxygens (including phenoxy) is 1. The minimum atomic E-state index is 0.399. The van der Waals surface area contributed by atoms with E-state index in [-0.39, 0.29) is 0 Å². The largest absolute Gasteiger partial charge is 0.455 e. The van der Waals surface area contributed by atoms with E-state index in [4.69, 9.17) is 10.5 Å². The average molecular weight is 284 g/mol. The summed E-state index contributed by atoms with van der Waals surface area (Å²) in [6, 6.07) is 12.0. The van der Waals surface area contributed by atoms with E-state index in [1.165, 1.54) is 5.56 Å². The van der Waals surface area contributed by atoms with Crippen LogP contribution in [0.4, 0.5) is 5.69 Å². The molecule has 3 nitrogen and oxygen atoms in total. The summed E-state index contributed by atoms with van der Waals surface area (Å²) in [6.45, 7) is 4.30. The second kappa shape index (κ2) is 5.13. The number of para-hydroxylation sites is 1. The fraction of sp³-hybridized carbons (Fsp3) is 0.188. The van der Waals surface area contributed by atoms with Gasteiger partial charge in [0.25, 0.3) is 0 Å². The summed E-state index contributed by atoms with van der Waals surface area (Å²) < 4.78 is 7.09. The highest BCUT2D eigenvalue weighted by atomic mass is 32.1. The molecule has 0 atom stereocenters. The Kier molecular flexibility index (Phi) is 3.32. The highest BCUT2D eigenvalue weighted by Crippen LogP contribution is 2.36. The Hall–Kier alpha value is -2.07. The summed E-state index contributed by atoms with van der Waals surface area (Å²) in [5.74, 6) is 1.91. The van der Waals surface area contributed by atoms with Crippen LogP contribution in [0.25, 0.3) is 10.2 Å². The van der Waals surface area contributed by atoms with Crippen molar-refractivity contribution in [2.75, 3.05) is 5.73 Å². The first kappa shape index (κ1) is 12.9. The Labute approximate surface area is 122 Å². The molecule has 0 amide bonds. The summed E-state index contributed by atoms with van der Waals surface area (Å²) in [4.78, 5) is 4.29. The maximum absolute atomic E-state index is 6.16. The molecule has 0 unspecified atom stereocenters.